The SMILES string of the molecule is CC(=O)N1CCC(CCC(=O)N(C)CC(C)(C)O)CC1. The van der Waals surface area contributed by atoms with Crippen molar-refractivity contribution in [3.63, 3.8) is 0 Å². The van der Waals surface area contributed by atoms with Crippen molar-refractivity contribution in [2.24, 2.45) is 5.92 Å². The van der Waals surface area contributed by atoms with E-state index in [1.54, 1.807) is 32.7 Å². The Morgan fingerprint density at radius 3 is 2.30 bits per heavy atom. The van der Waals surface area contributed by atoms with Crippen molar-refractivity contribution in [2.45, 2.75) is 52.1 Å². The van der Waals surface area contributed by atoms with Gasteiger partial charge in [0.1, 0.15) is 0 Å². The zero-order valence-corrected chi connectivity index (χ0v) is 13.2. The van der Waals surface area contributed by atoms with Crippen LogP contribution in [0.4, 0.5) is 0 Å². The van der Waals surface area contributed by atoms with Crippen LogP contribution >= 0.6 is 0 Å². The van der Waals surface area contributed by atoms with Crippen LogP contribution in [0.5, 0.6) is 0 Å². The second-order valence-electron chi connectivity index (χ2n) is 6.55. The minimum absolute atomic E-state index is 0.0844. The number of aliphatic hydroxyl groups is 1. The summed E-state index contributed by atoms with van der Waals surface area (Å²) in [7, 11) is 1.73. The average molecular weight is 284 g/mol. The molecule has 0 atom stereocenters. The van der Waals surface area contributed by atoms with Crippen molar-refractivity contribution in [3.05, 3.63) is 0 Å². The van der Waals surface area contributed by atoms with E-state index in [2.05, 4.69) is 0 Å². The lowest BCUT2D eigenvalue weighted by molar-refractivity contribution is -0.133. The molecule has 0 radical (unpaired) electrons. The summed E-state index contributed by atoms with van der Waals surface area (Å²) >= 11 is 0. The van der Waals surface area contributed by atoms with Crippen molar-refractivity contribution in [2.75, 3.05) is 26.7 Å². The zero-order valence-electron chi connectivity index (χ0n) is 13.2. The average Bonchev–Trinajstić information content (AvgIpc) is 2.34. The topological polar surface area (TPSA) is 60.9 Å². The lowest BCUT2D eigenvalue weighted by Crippen LogP contribution is -2.40. The highest BCUT2D eigenvalue weighted by molar-refractivity contribution is 5.76. The number of nitrogens with zero attached hydrogens (tertiary/aromatic N) is 2. The summed E-state index contributed by atoms with van der Waals surface area (Å²) in [5, 5.41) is 9.70. The summed E-state index contributed by atoms with van der Waals surface area (Å²) in [6.45, 7) is 6.99. The van der Waals surface area contributed by atoms with E-state index >= 15 is 0 Å². The molecular formula is C15H28N2O3. The fraction of sp³-hybridized carbons (Fsp3) is 0.867. The molecule has 0 aliphatic carbocycles. The van der Waals surface area contributed by atoms with Crippen molar-refractivity contribution in [1.29, 1.82) is 0 Å². The number of likely N-dealkylation sites (tertiary alicyclic amines) is 1. The molecular weight excluding hydrogens is 256 g/mol. The zero-order chi connectivity index (χ0) is 15.3. The fourth-order valence-electron chi connectivity index (χ4n) is 2.72. The number of carbonyl (C=O) groups excluding carboxylic acids is 2. The van der Waals surface area contributed by atoms with E-state index in [0.717, 1.165) is 32.4 Å². The summed E-state index contributed by atoms with van der Waals surface area (Å²) < 4.78 is 0. The fourth-order valence-corrected chi connectivity index (χ4v) is 2.72. The van der Waals surface area contributed by atoms with Gasteiger partial charge in [0.25, 0.3) is 0 Å². The molecule has 20 heavy (non-hydrogen) atoms. The molecule has 1 fully saturated rings. The first-order chi connectivity index (χ1) is 9.19. The van der Waals surface area contributed by atoms with Gasteiger partial charge in [0.05, 0.1) is 5.60 Å². The van der Waals surface area contributed by atoms with Crippen LogP contribution in [-0.4, -0.2) is 59.0 Å². The van der Waals surface area contributed by atoms with Crippen LogP contribution in [0.15, 0.2) is 0 Å². The second-order valence-corrected chi connectivity index (χ2v) is 6.55. The molecule has 0 unspecified atom stereocenters. The molecule has 0 bridgehead atoms. The van der Waals surface area contributed by atoms with E-state index in [9.17, 15) is 14.7 Å². The quantitative estimate of drug-likeness (QED) is 0.826. The van der Waals surface area contributed by atoms with Crippen LogP contribution in [0, 0.1) is 5.92 Å². The van der Waals surface area contributed by atoms with Gasteiger partial charge in [-0.3, -0.25) is 9.59 Å². The van der Waals surface area contributed by atoms with Gasteiger partial charge in [-0.25, -0.2) is 0 Å². The molecule has 116 valence electrons. The standard InChI is InChI=1S/C15H28N2O3/c1-12(18)17-9-7-13(8-10-17)5-6-14(19)16(4)11-15(2,3)20/h13,20H,5-11H2,1-4H3. The number of hydrogen-bond acceptors (Lipinski definition) is 3. The molecule has 5 heteroatoms. The molecule has 0 aromatic heterocycles. The largest absolute Gasteiger partial charge is 0.389 e. The molecule has 0 spiro atoms. The number of likely N-dealkylation sites (N-methyl/N-ethyl adjacent to an activating group) is 1. The molecule has 1 rings (SSSR count). The van der Waals surface area contributed by atoms with Crippen LogP contribution in [0.1, 0.15) is 46.5 Å². The Hall–Kier alpha value is -1.10. The third-order valence-corrected chi connectivity index (χ3v) is 3.88. The van der Waals surface area contributed by atoms with Crippen LogP contribution in [-0.2, 0) is 9.59 Å². The highest BCUT2D eigenvalue weighted by Crippen LogP contribution is 2.22. The van der Waals surface area contributed by atoms with Crippen LogP contribution < -0.4 is 0 Å². The monoisotopic (exact) mass is 284 g/mol. The summed E-state index contributed by atoms with van der Waals surface area (Å²) in [5.74, 6) is 0.760. The van der Waals surface area contributed by atoms with Gasteiger partial charge in [-0.1, -0.05) is 0 Å². The molecule has 0 aromatic rings. The van der Waals surface area contributed by atoms with E-state index in [1.807, 2.05) is 4.90 Å². The van der Waals surface area contributed by atoms with Crippen LogP contribution in [0.2, 0.25) is 0 Å². The highest BCUT2D eigenvalue weighted by atomic mass is 16.3. The van der Waals surface area contributed by atoms with Gasteiger partial charge in [0.2, 0.25) is 11.8 Å². The van der Waals surface area contributed by atoms with Crippen molar-refractivity contribution < 1.29 is 14.7 Å². The lowest BCUT2D eigenvalue weighted by Gasteiger charge is -2.31. The van der Waals surface area contributed by atoms with Gasteiger partial charge in [-0.15, -0.1) is 0 Å². The molecule has 5 nitrogen and oxygen atoms in total. The summed E-state index contributed by atoms with van der Waals surface area (Å²) in [6, 6.07) is 0. The smallest absolute Gasteiger partial charge is 0.222 e. The lowest BCUT2D eigenvalue weighted by atomic mass is 9.92. The Morgan fingerprint density at radius 1 is 1.30 bits per heavy atom. The maximum Gasteiger partial charge on any atom is 0.222 e. The van der Waals surface area contributed by atoms with E-state index in [4.69, 9.17) is 0 Å². The molecule has 1 N–H and O–H groups in total. The Labute approximate surface area is 121 Å². The van der Waals surface area contributed by atoms with Gasteiger partial charge in [0.15, 0.2) is 0 Å². The first kappa shape index (κ1) is 17.0. The van der Waals surface area contributed by atoms with Crippen LogP contribution in [0.25, 0.3) is 0 Å². The van der Waals surface area contributed by atoms with Crippen molar-refractivity contribution in [3.8, 4) is 0 Å². The highest BCUT2D eigenvalue weighted by Gasteiger charge is 2.23. The van der Waals surface area contributed by atoms with E-state index in [0.29, 0.717) is 18.9 Å². The minimum Gasteiger partial charge on any atom is -0.389 e. The number of hydrogen-bond donors (Lipinski definition) is 1. The number of amides is 2. The molecule has 0 aromatic carbocycles. The third-order valence-electron chi connectivity index (χ3n) is 3.88. The maximum absolute atomic E-state index is 12.0. The van der Waals surface area contributed by atoms with E-state index in [1.165, 1.54) is 0 Å². The summed E-state index contributed by atoms with van der Waals surface area (Å²) in [4.78, 5) is 26.7. The van der Waals surface area contributed by atoms with Gasteiger partial charge < -0.3 is 14.9 Å². The number of piperidine rings is 1. The van der Waals surface area contributed by atoms with Gasteiger partial charge in [0, 0.05) is 40.0 Å². The Bertz CT molecular complexity index is 342. The Kier molecular flexibility index (Phi) is 5.99. The molecule has 1 saturated heterocycles. The molecule has 1 aliphatic heterocycles. The summed E-state index contributed by atoms with van der Waals surface area (Å²) in [6.07, 6.45) is 3.38. The number of rotatable bonds is 5. The maximum atomic E-state index is 12.0. The Morgan fingerprint density at radius 2 is 1.85 bits per heavy atom. The van der Waals surface area contributed by atoms with Crippen molar-refractivity contribution in [1.82, 2.24) is 9.80 Å². The first-order valence-electron chi connectivity index (χ1n) is 7.41. The van der Waals surface area contributed by atoms with E-state index in [-0.39, 0.29) is 11.8 Å². The minimum atomic E-state index is -0.850. The van der Waals surface area contributed by atoms with Gasteiger partial charge >= 0.3 is 0 Å². The number of carbonyl (C=O) groups is 2. The first-order valence-corrected chi connectivity index (χ1v) is 7.41. The molecule has 1 heterocycles. The van der Waals surface area contributed by atoms with Gasteiger partial charge in [-0.05, 0) is 39.0 Å². The van der Waals surface area contributed by atoms with Crippen molar-refractivity contribution >= 4 is 11.8 Å². The van der Waals surface area contributed by atoms with E-state index < -0.39 is 5.60 Å². The molecule has 2 amide bonds. The third kappa shape index (κ3) is 5.90. The predicted molar refractivity (Wildman–Crippen MR) is 78.1 cm³/mol. The normalized spacial score (nSPS) is 17.1. The predicted octanol–water partition coefficient (Wildman–Crippen LogP) is 1.25. The summed E-state index contributed by atoms with van der Waals surface area (Å²) in [5.41, 5.74) is -0.850. The molecule has 0 saturated carbocycles. The Balaban J connectivity index is 2.27. The second kappa shape index (κ2) is 7.07. The van der Waals surface area contributed by atoms with Crippen LogP contribution in [0.3, 0.4) is 0 Å². The van der Waals surface area contributed by atoms with Gasteiger partial charge in [-0.2, -0.15) is 0 Å². The molecule has 1 aliphatic rings.